The monoisotopic (exact) mass is 410 g/mol. The van der Waals surface area contributed by atoms with Gasteiger partial charge in [-0.2, -0.15) is 0 Å². The Morgan fingerprint density at radius 1 is 1.11 bits per heavy atom. The molecule has 0 aromatic heterocycles. The summed E-state index contributed by atoms with van der Waals surface area (Å²) in [5.41, 5.74) is 5.36. The predicted octanol–water partition coefficient (Wildman–Crippen LogP) is 1.06. The number of hydrogen-bond acceptors (Lipinski definition) is 8. The molecule has 158 valence electrons. The summed E-state index contributed by atoms with van der Waals surface area (Å²) < 4.78 is 26.3. The fourth-order valence-corrected chi connectivity index (χ4v) is 2.79. The summed E-state index contributed by atoms with van der Waals surface area (Å²) in [4.78, 5) is 43.2. The maximum absolute atomic E-state index is 11.8. The van der Waals surface area contributed by atoms with Crippen molar-refractivity contribution in [3.8, 4) is 0 Å². The smallest absolute Gasteiger partial charge is 0.460 e. The Morgan fingerprint density at radius 2 is 1.81 bits per heavy atom. The molecule has 10 nitrogen and oxygen atoms in total. The zero-order valence-corrected chi connectivity index (χ0v) is 16.9. The van der Waals surface area contributed by atoms with Crippen molar-refractivity contribution in [2.45, 2.75) is 58.5 Å². The number of nitrogens with two attached hydrogens (primary N) is 1. The summed E-state index contributed by atoms with van der Waals surface area (Å²) in [6.45, 7) is 2.63. The van der Waals surface area contributed by atoms with E-state index in [0.29, 0.717) is 13.0 Å². The van der Waals surface area contributed by atoms with Crippen molar-refractivity contribution in [2.75, 3.05) is 26.3 Å². The van der Waals surface area contributed by atoms with Crippen molar-refractivity contribution in [3.63, 3.8) is 0 Å². The van der Waals surface area contributed by atoms with E-state index in [-0.39, 0.29) is 44.3 Å². The number of rotatable bonds is 16. The van der Waals surface area contributed by atoms with Crippen LogP contribution in [0.2, 0.25) is 0 Å². The number of phosphoric acid groups is 1. The molecule has 27 heavy (non-hydrogen) atoms. The first kappa shape index (κ1) is 25.7. The minimum atomic E-state index is -4.37. The van der Waals surface area contributed by atoms with E-state index < -0.39 is 19.9 Å². The van der Waals surface area contributed by atoms with Gasteiger partial charge in [-0.05, 0) is 32.7 Å². The lowest BCUT2D eigenvalue weighted by Crippen LogP contribution is -2.27. The van der Waals surface area contributed by atoms with Gasteiger partial charge in [0.1, 0.15) is 11.9 Å². The van der Waals surface area contributed by atoms with E-state index in [9.17, 15) is 23.8 Å². The number of ether oxygens (including phenoxy) is 1. The molecular weight excluding hydrogens is 379 g/mol. The molecule has 0 aromatic rings. The number of nitrogens with one attached hydrogen (secondary N) is 1. The number of esters is 1. The number of Topliss-reactive ketones (excluding diaryl/α,β-unsaturated/α-hetero) is 1. The van der Waals surface area contributed by atoms with Crippen LogP contribution in [0.3, 0.4) is 0 Å². The van der Waals surface area contributed by atoms with Crippen molar-refractivity contribution in [1.82, 2.24) is 5.32 Å². The van der Waals surface area contributed by atoms with Crippen LogP contribution in [0.25, 0.3) is 0 Å². The number of amides is 1. The molecule has 0 radical (unpaired) electrons. The van der Waals surface area contributed by atoms with E-state index >= 15 is 0 Å². The fourth-order valence-electron chi connectivity index (χ4n) is 2.04. The lowest BCUT2D eigenvalue weighted by atomic mass is 10.1. The van der Waals surface area contributed by atoms with Crippen LogP contribution in [-0.2, 0) is 32.7 Å². The van der Waals surface area contributed by atoms with E-state index in [2.05, 4.69) is 5.32 Å². The summed E-state index contributed by atoms with van der Waals surface area (Å²) in [6, 6.07) is 0. The number of carbonyl (C=O) groups excluding carboxylic acids is 3. The highest BCUT2D eigenvalue weighted by Crippen LogP contribution is 2.43. The molecule has 0 aromatic carbocycles. The van der Waals surface area contributed by atoms with Gasteiger partial charge < -0.3 is 25.5 Å². The minimum Gasteiger partial charge on any atom is -0.460 e. The molecule has 0 spiro atoms. The second kappa shape index (κ2) is 14.7. The van der Waals surface area contributed by atoms with Crippen molar-refractivity contribution in [1.29, 1.82) is 0 Å². The summed E-state index contributed by atoms with van der Waals surface area (Å²) in [5, 5.41) is 2.57. The predicted molar refractivity (Wildman–Crippen MR) is 97.7 cm³/mol. The first-order valence-electron chi connectivity index (χ1n) is 8.91. The van der Waals surface area contributed by atoms with E-state index in [4.69, 9.17) is 19.5 Å². The number of phosphoric ester groups is 1. The van der Waals surface area contributed by atoms with E-state index in [1.165, 1.54) is 13.8 Å². The highest BCUT2D eigenvalue weighted by molar-refractivity contribution is 7.47. The number of ketones is 1. The third-order valence-corrected chi connectivity index (χ3v) is 4.35. The van der Waals surface area contributed by atoms with Gasteiger partial charge in [0, 0.05) is 26.3 Å². The van der Waals surface area contributed by atoms with E-state index in [0.717, 1.165) is 19.3 Å². The Hall–Kier alpha value is -1.32. The van der Waals surface area contributed by atoms with Gasteiger partial charge in [-0.3, -0.25) is 18.6 Å². The van der Waals surface area contributed by atoms with Crippen LogP contribution in [-0.4, -0.2) is 55.0 Å². The molecule has 2 atom stereocenters. The molecule has 0 aliphatic carbocycles. The maximum atomic E-state index is 11.8. The quantitative estimate of drug-likeness (QED) is 0.192. The maximum Gasteiger partial charge on any atom is 0.472 e. The number of hydrogen-bond donors (Lipinski definition) is 3. The van der Waals surface area contributed by atoms with Gasteiger partial charge in [0.05, 0.1) is 13.2 Å². The second-order valence-electron chi connectivity index (χ2n) is 6.02. The molecule has 0 rings (SSSR count). The van der Waals surface area contributed by atoms with Gasteiger partial charge in [-0.1, -0.05) is 6.42 Å². The lowest BCUT2D eigenvalue weighted by Gasteiger charge is -2.18. The molecule has 0 aliphatic heterocycles. The zero-order valence-electron chi connectivity index (χ0n) is 16.0. The van der Waals surface area contributed by atoms with Crippen molar-refractivity contribution >= 4 is 25.5 Å². The summed E-state index contributed by atoms with van der Waals surface area (Å²) in [7, 11) is -4.37. The van der Waals surface area contributed by atoms with Crippen LogP contribution >= 0.6 is 7.82 Å². The number of carbonyl (C=O) groups is 3. The van der Waals surface area contributed by atoms with Gasteiger partial charge in [-0.25, -0.2) is 4.57 Å². The third kappa shape index (κ3) is 16.6. The Labute approximate surface area is 159 Å². The first-order chi connectivity index (χ1) is 12.7. The summed E-state index contributed by atoms with van der Waals surface area (Å²) in [5.74, 6) is -0.868. The van der Waals surface area contributed by atoms with E-state index in [1.54, 1.807) is 0 Å². The van der Waals surface area contributed by atoms with Gasteiger partial charge >= 0.3 is 13.8 Å². The van der Waals surface area contributed by atoms with Crippen LogP contribution in [0.1, 0.15) is 52.4 Å². The van der Waals surface area contributed by atoms with Gasteiger partial charge in [0.2, 0.25) is 5.91 Å². The summed E-state index contributed by atoms with van der Waals surface area (Å²) >= 11 is 0. The van der Waals surface area contributed by atoms with Gasteiger partial charge in [0.25, 0.3) is 0 Å². The molecule has 0 bridgehead atoms. The van der Waals surface area contributed by atoms with Crippen LogP contribution in [0.15, 0.2) is 0 Å². The number of unbranched alkanes of at least 4 members (excludes halogenated alkanes) is 2. The molecule has 1 unspecified atom stereocenters. The highest BCUT2D eigenvalue weighted by atomic mass is 31.2. The van der Waals surface area contributed by atoms with Crippen molar-refractivity contribution < 1.29 is 37.6 Å². The second-order valence-corrected chi connectivity index (χ2v) is 7.47. The lowest BCUT2D eigenvalue weighted by molar-refractivity contribution is -0.149. The molecule has 0 aliphatic rings. The average molecular weight is 410 g/mol. The SMILES string of the molecule is CC(=O)CC[C@@H](COP(=O)(O)OCCNC(=O)CCCCCN)OC(C)=O. The standard InChI is InChI=1S/C16H31N2O8P/c1-13(19)7-8-15(26-14(2)20)12-25-27(22,23)24-11-10-18-16(21)6-4-3-5-9-17/h15H,3-12,17H2,1-2H3,(H,18,21)(H,22,23)/t15-/m0/s1. The van der Waals surface area contributed by atoms with Crippen LogP contribution in [0.5, 0.6) is 0 Å². The Bertz CT molecular complexity index is 515. The normalized spacial score (nSPS) is 14.2. The minimum absolute atomic E-state index is 0.0569. The Balaban J connectivity index is 4.08. The van der Waals surface area contributed by atoms with Gasteiger partial charge in [0.15, 0.2) is 0 Å². The van der Waals surface area contributed by atoms with Crippen LogP contribution in [0, 0.1) is 0 Å². The molecule has 1 amide bonds. The molecule has 0 saturated heterocycles. The first-order valence-corrected chi connectivity index (χ1v) is 10.4. The largest absolute Gasteiger partial charge is 0.472 e. The molecule has 4 N–H and O–H groups in total. The molecule has 11 heteroatoms. The average Bonchev–Trinajstić information content (AvgIpc) is 2.57. The topological polar surface area (TPSA) is 154 Å². The highest BCUT2D eigenvalue weighted by Gasteiger charge is 2.24. The molecule has 0 saturated carbocycles. The van der Waals surface area contributed by atoms with Gasteiger partial charge in [-0.15, -0.1) is 0 Å². The van der Waals surface area contributed by atoms with Crippen molar-refractivity contribution in [2.24, 2.45) is 5.73 Å². The van der Waals surface area contributed by atoms with Crippen LogP contribution < -0.4 is 11.1 Å². The molecular formula is C16H31N2O8P. The van der Waals surface area contributed by atoms with E-state index in [1.807, 2.05) is 0 Å². The fraction of sp³-hybridized carbons (Fsp3) is 0.812. The summed E-state index contributed by atoms with van der Waals surface area (Å²) in [6.07, 6.45) is 2.31. The van der Waals surface area contributed by atoms with Crippen molar-refractivity contribution in [3.05, 3.63) is 0 Å². The Morgan fingerprint density at radius 3 is 2.41 bits per heavy atom. The third-order valence-electron chi connectivity index (χ3n) is 3.36. The zero-order chi connectivity index (χ0) is 20.7. The van der Waals surface area contributed by atoms with Crippen LogP contribution in [0.4, 0.5) is 0 Å². The molecule has 0 fully saturated rings. The molecule has 0 heterocycles. The Kier molecular flexibility index (Phi) is 14.0.